The Morgan fingerprint density at radius 1 is 0.611 bits per heavy atom. The zero-order chi connectivity index (χ0) is 50.2. The van der Waals surface area contributed by atoms with Crippen LogP contribution in [0.1, 0.15) is 131 Å². The molecule has 7 aromatic carbocycles. The summed E-state index contributed by atoms with van der Waals surface area (Å²) in [6, 6.07) is 47.3. The van der Waals surface area contributed by atoms with Gasteiger partial charge >= 0.3 is 0 Å². The van der Waals surface area contributed by atoms with Crippen molar-refractivity contribution in [1.29, 1.82) is 0 Å². The number of aromatic hydroxyl groups is 1. The molecule has 0 fully saturated rings. The van der Waals surface area contributed by atoms with E-state index >= 15 is 0 Å². The average Bonchev–Trinajstić information content (AvgIpc) is 3.90. The van der Waals surface area contributed by atoms with Crippen molar-refractivity contribution in [3.8, 4) is 56.3 Å². The van der Waals surface area contributed by atoms with Crippen molar-refractivity contribution in [2.45, 2.75) is 130 Å². The van der Waals surface area contributed by atoms with E-state index < -0.39 is 0 Å². The van der Waals surface area contributed by atoms with E-state index in [0.717, 1.165) is 107 Å². The van der Waals surface area contributed by atoms with Crippen LogP contribution in [0.3, 0.4) is 0 Å². The summed E-state index contributed by atoms with van der Waals surface area (Å²) in [5.74, 6) is 0.898. The Bertz CT molecular complexity index is 3780. The average molecular weight is 1130 g/mol. The minimum absolute atomic E-state index is 0. The van der Waals surface area contributed by atoms with Gasteiger partial charge in [-0.3, -0.25) is 9.55 Å². The molecule has 0 radical (unpaired) electrons. The van der Waals surface area contributed by atoms with E-state index in [-0.39, 0.29) is 53.9 Å². The van der Waals surface area contributed by atoms with Crippen LogP contribution in [0.15, 0.2) is 132 Å². The van der Waals surface area contributed by atoms with Crippen LogP contribution < -0.4 is 0 Å². The Balaban J connectivity index is 0.00000596. The molecule has 0 amide bonds. The molecule has 6 nitrogen and oxygen atoms in total. The number of phenolic OH excluding ortho intramolecular Hbond substituents is 1. The predicted octanol–water partition coefficient (Wildman–Crippen LogP) is 17.3. The molecule has 72 heavy (non-hydrogen) atoms. The molecule has 0 atom stereocenters. The van der Waals surface area contributed by atoms with Crippen molar-refractivity contribution in [3.63, 3.8) is 0 Å². The van der Waals surface area contributed by atoms with Crippen molar-refractivity contribution >= 4 is 43.9 Å². The maximum absolute atomic E-state index is 12.7. The minimum atomic E-state index is -0.351. The first-order valence-corrected chi connectivity index (χ1v) is 25.3. The van der Waals surface area contributed by atoms with Crippen LogP contribution in [0.4, 0.5) is 0 Å². The van der Waals surface area contributed by atoms with Gasteiger partial charge in [-0.2, -0.15) is 0 Å². The molecule has 1 aliphatic carbocycles. The van der Waals surface area contributed by atoms with Crippen molar-refractivity contribution in [1.82, 2.24) is 19.5 Å². The number of aromatic nitrogens is 4. The van der Waals surface area contributed by atoms with Crippen LogP contribution in [-0.4, -0.2) is 24.6 Å². The van der Waals surface area contributed by atoms with Crippen LogP contribution in [0, 0.1) is 6.07 Å². The second-order valence-electron chi connectivity index (χ2n) is 24.5. The van der Waals surface area contributed by atoms with E-state index in [1.165, 1.54) is 16.7 Å². The van der Waals surface area contributed by atoms with Crippen LogP contribution in [0.2, 0.25) is 0 Å². The fraction of sp³-hybridized carbons (Fsp3) is 0.308. The second-order valence-corrected chi connectivity index (χ2v) is 24.5. The Kier molecular flexibility index (Phi) is 11.7. The van der Waals surface area contributed by atoms with Gasteiger partial charge in [0.25, 0.3) is 0 Å². The first-order chi connectivity index (χ1) is 33.5. The normalized spacial score (nSPS) is 14.8. The number of benzene rings is 7. The van der Waals surface area contributed by atoms with Gasteiger partial charge < -0.3 is 9.52 Å². The summed E-state index contributed by atoms with van der Waals surface area (Å²) >= 11 is 0. The molecule has 7 heteroatoms. The summed E-state index contributed by atoms with van der Waals surface area (Å²) < 4.78 is 9.11. The first-order valence-electron chi connectivity index (χ1n) is 25.3. The molecule has 1 aliphatic rings. The van der Waals surface area contributed by atoms with Gasteiger partial charge in [0.2, 0.25) is 0 Å². The van der Waals surface area contributed by atoms with Gasteiger partial charge in [-0.15, -0.1) is 17.7 Å². The molecule has 0 saturated heterocycles. The van der Waals surface area contributed by atoms with Crippen molar-refractivity contribution in [2.24, 2.45) is 0 Å². The SMILES string of the molecule is CC(C)(C)c1ccc(-n2c(-c3cc(C(C)(C)C)cc(C(C)(C)C)c3O)nc3c(-c4[c-]c(-c5ncnc6cc7c(cc56)C(C)(C)CCC7(C)C)c5oc6ccccc6c5c4)cccc32)c(-c2ccccc2)c1.[Pt]. The molecular formula is C65H65N4O2Pt-. The smallest absolute Gasteiger partial charge is 0.148 e. The van der Waals surface area contributed by atoms with Crippen LogP contribution >= 0.6 is 0 Å². The fourth-order valence-corrected chi connectivity index (χ4v) is 11.0. The van der Waals surface area contributed by atoms with Gasteiger partial charge in [0, 0.05) is 43.3 Å². The Labute approximate surface area is 439 Å². The monoisotopic (exact) mass is 1130 g/mol. The van der Waals surface area contributed by atoms with E-state index in [9.17, 15) is 5.11 Å². The number of nitrogens with zero attached hydrogens (tertiary/aromatic N) is 4. The van der Waals surface area contributed by atoms with Gasteiger partial charge in [-0.1, -0.05) is 180 Å². The summed E-state index contributed by atoms with van der Waals surface area (Å²) in [4.78, 5) is 15.8. The first kappa shape index (κ1) is 49.2. The van der Waals surface area contributed by atoms with E-state index in [2.05, 4.69) is 210 Å². The maximum Gasteiger partial charge on any atom is 0.148 e. The fourth-order valence-electron chi connectivity index (χ4n) is 11.0. The standard InChI is InChI=1S/C65H65N4O2.Pt/c1-61(2,3)40-26-27-53(44(32-40)38-20-15-14-16-21-38)69-54-24-19-23-42(57(54)68-60(69)48-33-41(62(4,5)6)34-51(58(48)70)63(7,8)9)39-30-45-43-22-17-18-25-55(43)71-59(45)47(31-39)56-46-35-49-50(36-52(46)66-37-67-56)65(12,13)29-28-64(49,10)11;/h14-27,30,32-37,70H,28-29H2,1-13H3;/q-1;. The molecule has 1 N–H and O–H groups in total. The third kappa shape index (κ3) is 8.19. The molecule has 3 heterocycles. The van der Waals surface area contributed by atoms with Crippen LogP contribution in [-0.2, 0) is 48.1 Å². The predicted molar refractivity (Wildman–Crippen MR) is 295 cm³/mol. The van der Waals surface area contributed by atoms with E-state index in [1.807, 2.05) is 12.1 Å². The molecule has 3 aromatic heterocycles. The summed E-state index contributed by atoms with van der Waals surface area (Å²) in [5.41, 5.74) is 16.6. The molecule has 368 valence electrons. The number of para-hydroxylation sites is 2. The van der Waals surface area contributed by atoms with Gasteiger partial charge in [0.15, 0.2) is 0 Å². The molecule has 0 aliphatic heterocycles. The minimum Gasteiger partial charge on any atom is -0.507 e. The number of hydrogen-bond donors (Lipinski definition) is 1. The third-order valence-corrected chi connectivity index (χ3v) is 15.4. The van der Waals surface area contributed by atoms with Crippen molar-refractivity contribution in [2.75, 3.05) is 0 Å². The topological polar surface area (TPSA) is 77.0 Å². The summed E-state index contributed by atoms with van der Waals surface area (Å²) in [5, 5.41) is 15.7. The Hall–Kier alpha value is -6.36. The quantitative estimate of drug-likeness (QED) is 0.174. The van der Waals surface area contributed by atoms with Crippen molar-refractivity contribution in [3.05, 3.63) is 162 Å². The van der Waals surface area contributed by atoms with Gasteiger partial charge in [0.1, 0.15) is 23.5 Å². The number of fused-ring (bicyclic) bond motifs is 6. The molecule has 0 saturated carbocycles. The van der Waals surface area contributed by atoms with E-state index in [0.29, 0.717) is 11.4 Å². The number of rotatable bonds is 5. The summed E-state index contributed by atoms with van der Waals surface area (Å²) in [6.45, 7) is 29.4. The van der Waals surface area contributed by atoms with Crippen LogP contribution in [0.5, 0.6) is 5.75 Å². The number of furan rings is 1. The van der Waals surface area contributed by atoms with Gasteiger partial charge in [0.05, 0.1) is 33.4 Å². The van der Waals surface area contributed by atoms with E-state index in [4.69, 9.17) is 19.4 Å². The molecule has 11 rings (SSSR count). The maximum atomic E-state index is 12.7. The molecule has 0 bridgehead atoms. The summed E-state index contributed by atoms with van der Waals surface area (Å²) in [6.07, 6.45) is 3.90. The largest absolute Gasteiger partial charge is 0.507 e. The molecule has 0 unspecified atom stereocenters. The second kappa shape index (κ2) is 17.1. The molecule has 0 spiro atoms. The third-order valence-electron chi connectivity index (χ3n) is 15.4. The van der Waals surface area contributed by atoms with Crippen molar-refractivity contribution < 1.29 is 30.6 Å². The van der Waals surface area contributed by atoms with Gasteiger partial charge in [-0.25, -0.2) is 9.97 Å². The number of hydrogen-bond acceptors (Lipinski definition) is 5. The molecular weight excluding hydrogens is 1060 g/mol. The van der Waals surface area contributed by atoms with Crippen LogP contribution in [0.25, 0.3) is 94.5 Å². The zero-order valence-electron chi connectivity index (χ0n) is 44.0. The Morgan fingerprint density at radius 2 is 1.28 bits per heavy atom. The zero-order valence-corrected chi connectivity index (χ0v) is 46.3. The number of imidazole rings is 1. The number of phenols is 1. The van der Waals surface area contributed by atoms with E-state index in [1.54, 1.807) is 6.33 Å². The Morgan fingerprint density at radius 3 is 1.97 bits per heavy atom. The molecule has 10 aromatic rings. The van der Waals surface area contributed by atoms with Gasteiger partial charge in [-0.05, 0) is 115 Å². The summed E-state index contributed by atoms with van der Waals surface area (Å²) in [7, 11) is 0.